The van der Waals surface area contributed by atoms with Gasteiger partial charge in [0.15, 0.2) is 0 Å². The van der Waals surface area contributed by atoms with Crippen LogP contribution in [0.1, 0.15) is 54.5 Å². The third kappa shape index (κ3) is 5.68. The summed E-state index contributed by atoms with van der Waals surface area (Å²) in [6, 6.07) is 12.5. The number of benzene rings is 2. The molecular formula is C28H36N2O4. The van der Waals surface area contributed by atoms with Crippen molar-refractivity contribution in [1.29, 1.82) is 0 Å². The van der Waals surface area contributed by atoms with Crippen molar-refractivity contribution in [2.45, 2.75) is 46.1 Å². The Labute approximate surface area is 202 Å². The van der Waals surface area contributed by atoms with Crippen molar-refractivity contribution >= 4 is 17.4 Å². The molecule has 1 saturated heterocycles. The molecule has 0 aliphatic carbocycles. The van der Waals surface area contributed by atoms with Gasteiger partial charge in [0.25, 0.3) is 11.7 Å². The molecule has 3 rings (SSSR count). The van der Waals surface area contributed by atoms with E-state index in [9.17, 15) is 14.7 Å². The van der Waals surface area contributed by atoms with Crippen LogP contribution in [0.2, 0.25) is 0 Å². The van der Waals surface area contributed by atoms with Gasteiger partial charge in [-0.2, -0.15) is 0 Å². The van der Waals surface area contributed by atoms with Gasteiger partial charge < -0.3 is 19.6 Å². The Morgan fingerprint density at radius 3 is 2.38 bits per heavy atom. The van der Waals surface area contributed by atoms with E-state index >= 15 is 0 Å². The van der Waals surface area contributed by atoms with Crippen molar-refractivity contribution in [3.05, 3.63) is 70.3 Å². The number of unbranched alkanes of at least 4 members (excludes halogenated alkanes) is 1. The second-order valence-electron chi connectivity index (χ2n) is 9.24. The van der Waals surface area contributed by atoms with Gasteiger partial charge in [0.1, 0.15) is 11.5 Å². The molecule has 0 saturated carbocycles. The Morgan fingerprint density at radius 1 is 1.06 bits per heavy atom. The number of hydrogen-bond donors (Lipinski definition) is 1. The summed E-state index contributed by atoms with van der Waals surface area (Å²) in [5.41, 5.74) is 3.41. The van der Waals surface area contributed by atoms with E-state index in [-0.39, 0.29) is 11.3 Å². The Bertz CT molecular complexity index is 1060. The number of hydrogen-bond acceptors (Lipinski definition) is 5. The Balaban J connectivity index is 2.02. The zero-order chi connectivity index (χ0) is 24.8. The summed E-state index contributed by atoms with van der Waals surface area (Å²) in [6.07, 6.45) is 2.74. The number of aliphatic hydroxyl groups excluding tert-OH is 1. The van der Waals surface area contributed by atoms with Gasteiger partial charge in [-0.1, -0.05) is 43.2 Å². The minimum atomic E-state index is -0.645. The molecule has 6 nitrogen and oxygen atoms in total. The molecule has 2 aromatic carbocycles. The highest BCUT2D eigenvalue weighted by Crippen LogP contribution is 2.40. The number of nitrogens with zero attached hydrogens (tertiary/aromatic N) is 2. The number of carbonyl (C=O) groups is 2. The van der Waals surface area contributed by atoms with Gasteiger partial charge in [-0.25, -0.2) is 0 Å². The third-order valence-electron chi connectivity index (χ3n) is 6.14. The highest BCUT2D eigenvalue weighted by molar-refractivity contribution is 6.46. The maximum Gasteiger partial charge on any atom is 0.295 e. The lowest BCUT2D eigenvalue weighted by Crippen LogP contribution is -2.32. The fourth-order valence-corrected chi connectivity index (χ4v) is 4.20. The highest BCUT2D eigenvalue weighted by Gasteiger charge is 2.45. The number of Topliss-reactive ketones (excluding diaryl/α,β-unsaturated/α-hetero) is 1. The minimum Gasteiger partial charge on any atom is -0.507 e. The second kappa shape index (κ2) is 11.3. The highest BCUT2D eigenvalue weighted by atomic mass is 16.5. The number of rotatable bonds is 10. The van der Waals surface area contributed by atoms with Crippen LogP contribution < -0.4 is 4.74 Å². The maximum atomic E-state index is 13.2. The van der Waals surface area contributed by atoms with Gasteiger partial charge >= 0.3 is 0 Å². The topological polar surface area (TPSA) is 70.1 Å². The van der Waals surface area contributed by atoms with Crippen LogP contribution in [-0.4, -0.2) is 60.4 Å². The summed E-state index contributed by atoms with van der Waals surface area (Å²) >= 11 is 0. The molecule has 6 heteroatoms. The molecule has 0 bridgehead atoms. The van der Waals surface area contributed by atoms with E-state index in [1.54, 1.807) is 11.0 Å². The number of aryl methyl sites for hydroxylation is 2. The van der Waals surface area contributed by atoms with E-state index in [4.69, 9.17) is 4.74 Å². The number of carbonyl (C=O) groups excluding carboxylic acids is 2. The first-order valence-corrected chi connectivity index (χ1v) is 12.0. The van der Waals surface area contributed by atoms with Crippen molar-refractivity contribution in [3.63, 3.8) is 0 Å². The average molecular weight is 465 g/mol. The maximum absolute atomic E-state index is 13.2. The van der Waals surface area contributed by atoms with Gasteiger partial charge in [-0.15, -0.1) is 0 Å². The summed E-state index contributed by atoms with van der Waals surface area (Å²) in [4.78, 5) is 29.8. The van der Waals surface area contributed by atoms with E-state index in [2.05, 4.69) is 6.92 Å². The number of ketones is 1. The van der Waals surface area contributed by atoms with E-state index in [1.807, 2.05) is 69.2 Å². The van der Waals surface area contributed by atoms with Gasteiger partial charge in [0.05, 0.1) is 18.2 Å². The smallest absolute Gasteiger partial charge is 0.295 e. The summed E-state index contributed by atoms with van der Waals surface area (Å²) in [7, 11) is 3.95. The predicted molar refractivity (Wildman–Crippen MR) is 135 cm³/mol. The van der Waals surface area contributed by atoms with Crippen LogP contribution in [0.4, 0.5) is 0 Å². The van der Waals surface area contributed by atoms with Crippen LogP contribution in [0.15, 0.2) is 48.0 Å². The molecule has 0 spiro atoms. The number of aliphatic hydroxyl groups is 1. The lowest BCUT2D eigenvalue weighted by Gasteiger charge is -2.26. The SMILES string of the molecule is CCCCOc1ccc(/C(O)=C2\C(=O)C(=O)N(CCCN(C)C)[C@@H]2c2ccc(C)cc2)cc1C. The molecule has 0 radical (unpaired) electrons. The normalized spacial score (nSPS) is 17.6. The van der Waals surface area contributed by atoms with Crippen LogP contribution in [0.25, 0.3) is 5.76 Å². The monoisotopic (exact) mass is 464 g/mol. The number of ether oxygens (including phenoxy) is 1. The van der Waals surface area contributed by atoms with Crippen LogP contribution in [0.5, 0.6) is 5.75 Å². The lowest BCUT2D eigenvalue weighted by atomic mass is 9.94. The Kier molecular flexibility index (Phi) is 8.51. The fraction of sp³-hybridized carbons (Fsp3) is 0.429. The van der Waals surface area contributed by atoms with Crippen LogP contribution >= 0.6 is 0 Å². The summed E-state index contributed by atoms with van der Waals surface area (Å²) in [5.74, 6) is -0.609. The third-order valence-corrected chi connectivity index (χ3v) is 6.14. The molecule has 0 aromatic heterocycles. The Hall–Kier alpha value is -3.12. The summed E-state index contributed by atoms with van der Waals surface area (Å²) in [5, 5.41) is 11.3. The minimum absolute atomic E-state index is 0.137. The zero-order valence-electron chi connectivity index (χ0n) is 20.9. The molecule has 1 N–H and O–H groups in total. The first kappa shape index (κ1) is 25.5. The van der Waals surface area contributed by atoms with Crippen LogP contribution in [-0.2, 0) is 9.59 Å². The van der Waals surface area contributed by atoms with Gasteiger partial charge in [-0.3, -0.25) is 9.59 Å². The van der Waals surface area contributed by atoms with Crippen LogP contribution in [0.3, 0.4) is 0 Å². The average Bonchev–Trinajstić information content (AvgIpc) is 3.05. The molecule has 34 heavy (non-hydrogen) atoms. The van der Waals surface area contributed by atoms with Crippen molar-refractivity contribution in [2.24, 2.45) is 0 Å². The molecule has 1 heterocycles. The lowest BCUT2D eigenvalue weighted by molar-refractivity contribution is -0.139. The molecule has 1 aliphatic heterocycles. The van der Waals surface area contributed by atoms with Gasteiger partial charge in [-0.05, 0) is 76.7 Å². The van der Waals surface area contributed by atoms with E-state index < -0.39 is 17.7 Å². The largest absolute Gasteiger partial charge is 0.507 e. The molecule has 0 unspecified atom stereocenters. The molecule has 1 fully saturated rings. The zero-order valence-corrected chi connectivity index (χ0v) is 20.9. The molecule has 1 atom stereocenters. The second-order valence-corrected chi connectivity index (χ2v) is 9.24. The molecule has 182 valence electrons. The van der Waals surface area contributed by atoms with Crippen molar-refractivity contribution < 1.29 is 19.4 Å². The molecular weight excluding hydrogens is 428 g/mol. The number of likely N-dealkylation sites (tertiary alicyclic amines) is 1. The molecule has 2 aromatic rings. The van der Waals surface area contributed by atoms with Crippen LogP contribution in [0, 0.1) is 13.8 Å². The molecule has 1 aliphatic rings. The first-order chi connectivity index (χ1) is 16.2. The number of amides is 1. The van der Waals surface area contributed by atoms with E-state index in [0.717, 1.165) is 48.2 Å². The first-order valence-electron chi connectivity index (χ1n) is 12.0. The van der Waals surface area contributed by atoms with Crippen molar-refractivity contribution in [1.82, 2.24) is 9.80 Å². The van der Waals surface area contributed by atoms with Gasteiger partial charge in [0.2, 0.25) is 0 Å². The fourth-order valence-electron chi connectivity index (χ4n) is 4.20. The Morgan fingerprint density at radius 2 is 1.76 bits per heavy atom. The van der Waals surface area contributed by atoms with Crippen molar-refractivity contribution in [2.75, 3.05) is 33.8 Å². The summed E-state index contributed by atoms with van der Waals surface area (Å²) in [6.45, 7) is 7.87. The van der Waals surface area contributed by atoms with E-state index in [0.29, 0.717) is 18.7 Å². The molecule has 1 amide bonds. The van der Waals surface area contributed by atoms with Gasteiger partial charge in [0, 0.05) is 12.1 Å². The summed E-state index contributed by atoms with van der Waals surface area (Å²) < 4.78 is 5.83. The van der Waals surface area contributed by atoms with Crippen molar-refractivity contribution in [3.8, 4) is 5.75 Å². The van der Waals surface area contributed by atoms with E-state index in [1.165, 1.54) is 0 Å². The standard InChI is InChI=1S/C28H36N2O4/c1-6-7-17-34-23-14-13-22(18-20(23)3)26(31)24-25(21-11-9-19(2)10-12-21)30(28(33)27(24)32)16-8-15-29(4)5/h9-14,18,25,31H,6-8,15-17H2,1-5H3/b26-24+/t25-/m1/s1. The predicted octanol–water partition coefficient (Wildman–Crippen LogP) is 4.86. The quantitative estimate of drug-likeness (QED) is 0.235.